The standard InChI is InChI=1S/C27H29N5O3S/c28-26-30-13-19(14-31-26)17-2-5-20(6-3-17)27(9-1-10-27)23-15-29-24-12-18(4-7-22(23)24)25(33)32-21-8-11-36(34,35)16-21/h2-7,12-15,21,29,34-35H,1,8-11,16H2,(H,32,33)(H2,28,30,31). The number of amides is 1. The number of carbonyl (C=O) groups excluding carboxylic acids is 1. The Morgan fingerprint density at radius 2 is 1.83 bits per heavy atom. The van der Waals surface area contributed by atoms with Crippen LogP contribution in [0.3, 0.4) is 0 Å². The number of fused-ring (bicyclic) bond motifs is 1. The van der Waals surface area contributed by atoms with E-state index < -0.39 is 10.6 Å². The van der Waals surface area contributed by atoms with Crippen LogP contribution >= 0.6 is 10.6 Å². The number of benzene rings is 2. The maximum absolute atomic E-state index is 12.8. The first-order valence-electron chi connectivity index (χ1n) is 12.2. The van der Waals surface area contributed by atoms with Crippen LogP contribution in [-0.4, -0.2) is 47.5 Å². The average Bonchev–Trinajstić information content (AvgIpc) is 3.42. The molecular weight excluding hydrogens is 474 g/mol. The molecule has 2 aromatic heterocycles. The highest BCUT2D eigenvalue weighted by atomic mass is 32.3. The monoisotopic (exact) mass is 503 g/mol. The number of nitrogens with two attached hydrogens (primary N) is 1. The maximum Gasteiger partial charge on any atom is 0.251 e. The van der Waals surface area contributed by atoms with Gasteiger partial charge in [-0.3, -0.25) is 13.9 Å². The van der Waals surface area contributed by atoms with Crippen molar-refractivity contribution in [1.29, 1.82) is 0 Å². The van der Waals surface area contributed by atoms with E-state index in [0.29, 0.717) is 17.7 Å². The molecule has 1 amide bonds. The normalized spacial score (nSPS) is 21.1. The van der Waals surface area contributed by atoms with Crippen LogP contribution in [0, 0.1) is 0 Å². The molecule has 2 aliphatic rings. The molecule has 1 aliphatic carbocycles. The van der Waals surface area contributed by atoms with Crippen molar-refractivity contribution in [3.05, 3.63) is 77.7 Å². The van der Waals surface area contributed by atoms with E-state index >= 15 is 0 Å². The van der Waals surface area contributed by atoms with E-state index in [0.717, 1.165) is 34.9 Å². The van der Waals surface area contributed by atoms with E-state index in [1.807, 2.05) is 18.2 Å². The van der Waals surface area contributed by atoms with Crippen LogP contribution in [0.15, 0.2) is 61.1 Å². The third-order valence-electron chi connectivity index (χ3n) is 7.71. The predicted octanol–water partition coefficient (Wildman–Crippen LogP) is 4.93. The summed E-state index contributed by atoms with van der Waals surface area (Å²) in [6.07, 6.45) is 9.46. The molecule has 2 fully saturated rings. The van der Waals surface area contributed by atoms with Crippen molar-refractivity contribution in [2.45, 2.75) is 37.1 Å². The summed E-state index contributed by atoms with van der Waals surface area (Å²) in [7, 11) is -2.55. The number of aromatic amines is 1. The van der Waals surface area contributed by atoms with Gasteiger partial charge in [-0.1, -0.05) is 36.8 Å². The molecule has 9 heteroatoms. The number of anilines is 1. The third-order valence-corrected chi connectivity index (χ3v) is 9.53. The number of hydrogen-bond donors (Lipinski definition) is 5. The lowest BCUT2D eigenvalue weighted by Gasteiger charge is -2.43. The second-order valence-corrected chi connectivity index (χ2v) is 12.3. The van der Waals surface area contributed by atoms with Gasteiger partial charge in [0.25, 0.3) is 5.91 Å². The molecule has 0 spiro atoms. The predicted molar refractivity (Wildman–Crippen MR) is 143 cm³/mol. The van der Waals surface area contributed by atoms with Gasteiger partial charge in [-0.05, 0) is 48.1 Å². The van der Waals surface area contributed by atoms with Crippen molar-refractivity contribution >= 4 is 33.3 Å². The highest BCUT2D eigenvalue weighted by molar-refractivity contribution is 8.24. The summed E-state index contributed by atoms with van der Waals surface area (Å²) in [6.45, 7) is 0. The van der Waals surface area contributed by atoms with Gasteiger partial charge < -0.3 is 16.0 Å². The Morgan fingerprint density at radius 3 is 2.47 bits per heavy atom. The Morgan fingerprint density at radius 1 is 1.08 bits per heavy atom. The van der Waals surface area contributed by atoms with Gasteiger partial charge in [0.1, 0.15) is 0 Å². The molecule has 6 rings (SSSR count). The highest BCUT2D eigenvalue weighted by Crippen LogP contribution is 2.51. The minimum atomic E-state index is -2.55. The van der Waals surface area contributed by atoms with Gasteiger partial charge in [0.05, 0.1) is 5.75 Å². The van der Waals surface area contributed by atoms with Crippen molar-refractivity contribution in [2.24, 2.45) is 0 Å². The molecular formula is C27H29N5O3S. The summed E-state index contributed by atoms with van der Waals surface area (Å²) in [6, 6.07) is 14.2. The molecule has 4 aromatic rings. The SMILES string of the molecule is Nc1ncc(-c2ccc(C3(c4c[nH]c5cc(C(=O)NC6CCS(O)(O)C6)ccc45)CCC3)cc2)cn1. The second-order valence-electron chi connectivity index (χ2n) is 9.94. The summed E-state index contributed by atoms with van der Waals surface area (Å²) < 4.78 is 19.7. The van der Waals surface area contributed by atoms with E-state index in [2.05, 4.69) is 50.7 Å². The lowest BCUT2D eigenvalue weighted by atomic mass is 9.60. The van der Waals surface area contributed by atoms with Crippen molar-refractivity contribution < 1.29 is 13.9 Å². The highest BCUT2D eigenvalue weighted by Gasteiger charge is 2.42. The van der Waals surface area contributed by atoms with Gasteiger partial charge in [-0.2, -0.15) is 10.6 Å². The number of carbonyl (C=O) groups is 1. The van der Waals surface area contributed by atoms with Gasteiger partial charge in [-0.15, -0.1) is 0 Å². The number of aromatic nitrogens is 3. The fraction of sp³-hybridized carbons (Fsp3) is 0.296. The van der Waals surface area contributed by atoms with Crippen LogP contribution in [0.25, 0.3) is 22.0 Å². The summed E-state index contributed by atoms with van der Waals surface area (Å²) in [5, 5.41) is 4.08. The van der Waals surface area contributed by atoms with Crippen LogP contribution in [0.4, 0.5) is 5.95 Å². The van der Waals surface area contributed by atoms with Crippen LogP contribution < -0.4 is 11.1 Å². The molecule has 1 unspecified atom stereocenters. The Bertz CT molecular complexity index is 1430. The summed E-state index contributed by atoms with van der Waals surface area (Å²) in [5.74, 6) is 0.671. The van der Waals surface area contributed by atoms with E-state index in [-0.39, 0.29) is 29.1 Å². The molecule has 1 atom stereocenters. The number of H-pyrrole nitrogens is 1. The van der Waals surface area contributed by atoms with E-state index in [1.54, 1.807) is 12.4 Å². The molecule has 8 nitrogen and oxygen atoms in total. The molecule has 1 saturated heterocycles. The molecule has 186 valence electrons. The lowest BCUT2D eigenvalue weighted by Crippen LogP contribution is -2.35. The van der Waals surface area contributed by atoms with E-state index in [1.165, 1.54) is 17.5 Å². The van der Waals surface area contributed by atoms with Gasteiger partial charge >= 0.3 is 0 Å². The maximum atomic E-state index is 12.8. The summed E-state index contributed by atoms with van der Waals surface area (Å²) >= 11 is 0. The lowest BCUT2D eigenvalue weighted by molar-refractivity contribution is 0.0941. The van der Waals surface area contributed by atoms with Crippen molar-refractivity contribution in [1.82, 2.24) is 20.3 Å². The Balaban J connectivity index is 1.26. The number of nitrogens with zero attached hydrogens (tertiary/aromatic N) is 2. The number of nitrogen functional groups attached to an aromatic ring is 1. The fourth-order valence-electron chi connectivity index (χ4n) is 5.58. The number of nitrogens with one attached hydrogen (secondary N) is 2. The molecule has 1 saturated carbocycles. The van der Waals surface area contributed by atoms with Crippen LogP contribution in [-0.2, 0) is 5.41 Å². The van der Waals surface area contributed by atoms with Crippen LogP contribution in [0.5, 0.6) is 0 Å². The topological polar surface area (TPSA) is 137 Å². The summed E-state index contributed by atoms with van der Waals surface area (Å²) in [5.41, 5.74) is 11.6. The summed E-state index contributed by atoms with van der Waals surface area (Å²) in [4.78, 5) is 24.4. The first kappa shape index (κ1) is 23.0. The van der Waals surface area contributed by atoms with Crippen LogP contribution in [0.1, 0.15) is 47.2 Å². The van der Waals surface area contributed by atoms with Crippen molar-refractivity contribution in [3.63, 3.8) is 0 Å². The Kier molecular flexibility index (Phi) is 5.51. The zero-order chi connectivity index (χ0) is 24.9. The van der Waals surface area contributed by atoms with Crippen molar-refractivity contribution in [2.75, 3.05) is 17.2 Å². The first-order chi connectivity index (χ1) is 17.3. The average molecular weight is 504 g/mol. The molecule has 3 heterocycles. The first-order valence-corrected chi connectivity index (χ1v) is 14.1. The minimum Gasteiger partial charge on any atom is -0.368 e. The van der Waals surface area contributed by atoms with Crippen molar-refractivity contribution in [3.8, 4) is 11.1 Å². The zero-order valence-corrected chi connectivity index (χ0v) is 20.6. The molecule has 1 aliphatic heterocycles. The molecule has 2 aromatic carbocycles. The fourth-order valence-corrected chi connectivity index (χ4v) is 7.30. The Labute approximate surface area is 210 Å². The van der Waals surface area contributed by atoms with Crippen LogP contribution in [0.2, 0.25) is 0 Å². The zero-order valence-electron chi connectivity index (χ0n) is 19.8. The molecule has 0 radical (unpaired) electrons. The third kappa shape index (κ3) is 4.03. The smallest absolute Gasteiger partial charge is 0.251 e. The van der Waals surface area contributed by atoms with Gasteiger partial charge in [-0.25, -0.2) is 9.97 Å². The number of rotatable bonds is 5. The Hall–Kier alpha value is -3.40. The number of hydrogen-bond acceptors (Lipinski definition) is 6. The van der Waals surface area contributed by atoms with E-state index in [4.69, 9.17) is 5.73 Å². The minimum absolute atomic E-state index is 0.0591. The van der Waals surface area contributed by atoms with E-state index in [9.17, 15) is 13.9 Å². The molecule has 0 bridgehead atoms. The second kappa shape index (κ2) is 8.62. The molecule has 6 N–H and O–H groups in total. The van der Waals surface area contributed by atoms with Gasteiger partial charge in [0.15, 0.2) is 0 Å². The molecule has 36 heavy (non-hydrogen) atoms. The largest absolute Gasteiger partial charge is 0.368 e. The van der Waals surface area contributed by atoms with Gasteiger partial charge in [0, 0.05) is 57.8 Å². The van der Waals surface area contributed by atoms with Gasteiger partial charge in [0.2, 0.25) is 5.95 Å². The quantitative estimate of drug-likeness (QED) is 0.262.